The second kappa shape index (κ2) is 5.21. The summed E-state index contributed by atoms with van der Waals surface area (Å²) in [5.41, 5.74) is 3.21. The highest BCUT2D eigenvalue weighted by Gasteiger charge is 2.25. The largest absolute Gasteiger partial charge is 0.454 e. The molecule has 27 heavy (non-hydrogen) atoms. The number of hydrogen-bond acceptors (Lipinski definition) is 7. The lowest BCUT2D eigenvalue weighted by Crippen LogP contribution is -2.33. The fraction of sp³-hybridized carbons (Fsp3) is 0.0588. The molecule has 130 valence electrons. The van der Waals surface area contributed by atoms with Crippen molar-refractivity contribution in [1.29, 1.82) is 0 Å². The van der Waals surface area contributed by atoms with Crippen molar-refractivity contribution in [3.63, 3.8) is 0 Å². The van der Waals surface area contributed by atoms with E-state index in [-0.39, 0.29) is 6.79 Å². The van der Waals surface area contributed by atoms with Gasteiger partial charge in [0.25, 0.3) is 11.9 Å². The topological polar surface area (TPSA) is 107 Å². The zero-order valence-electron chi connectivity index (χ0n) is 13.7. The molecule has 1 aliphatic rings. The number of hydrogen-bond donors (Lipinski definition) is 1. The van der Waals surface area contributed by atoms with Gasteiger partial charge < -0.3 is 9.47 Å². The zero-order valence-corrected chi connectivity index (χ0v) is 13.7. The molecule has 10 nitrogen and oxygen atoms in total. The van der Waals surface area contributed by atoms with Crippen LogP contribution in [0.25, 0.3) is 33.9 Å². The third-order valence-electron chi connectivity index (χ3n) is 4.24. The van der Waals surface area contributed by atoms with Crippen LogP contribution in [0.4, 0.5) is 0 Å². The normalized spacial score (nSPS) is 12.9. The summed E-state index contributed by atoms with van der Waals surface area (Å²) in [6.45, 7) is 0.224. The minimum atomic E-state index is 0.224. The Morgan fingerprint density at radius 1 is 0.963 bits per heavy atom. The van der Waals surface area contributed by atoms with Crippen molar-refractivity contribution >= 4 is 22.4 Å². The molecule has 0 saturated heterocycles. The van der Waals surface area contributed by atoms with Crippen molar-refractivity contribution in [3.05, 3.63) is 49.2 Å². The highest BCUT2D eigenvalue weighted by Crippen LogP contribution is 2.32. The van der Waals surface area contributed by atoms with Gasteiger partial charge in [0.15, 0.2) is 22.7 Å². The zero-order chi connectivity index (χ0) is 17.8. The van der Waals surface area contributed by atoms with Crippen molar-refractivity contribution in [2.75, 3.05) is 6.79 Å². The highest BCUT2D eigenvalue weighted by molar-refractivity contribution is 5.67. The number of benzene rings is 1. The highest BCUT2D eigenvalue weighted by atomic mass is 16.7. The second-order valence-electron chi connectivity index (χ2n) is 5.90. The fourth-order valence-corrected chi connectivity index (χ4v) is 2.95. The third kappa shape index (κ3) is 2.20. The molecule has 0 unspecified atom stereocenters. The molecule has 0 bridgehead atoms. The van der Waals surface area contributed by atoms with Gasteiger partial charge in [-0.2, -0.15) is 4.52 Å². The molecule has 0 fully saturated rings. The Balaban J connectivity index is 1.43. The Hall–Kier alpha value is -4.08. The van der Waals surface area contributed by atoms with Crippen molar-refractivity contribution in [2.45, 2.75) is 0 Å². The fourth-order valence-electron chi connectivity index (χ4n) is 2.95. The monoisotopic (exact) mass is 361 g/mol. The molecular formula is C17H11N7O3+2. The summed E-state index contributed by atoms with van der Waals surface area (Å²) in [6, 6.07) is 5.56. The molecule has 5 aromatic rings. The van der Waals surface area contributed by atoms with Crippen LogP contribution in [0.2, 0.25) is 0 Å². The SMILES string of the molecule is c1cnc2[nH][n+](-c3cnc4c[n+](-c5ccc6c(c5)OCO6)oc4n3)cc2n1. The Bertz CT molecular complexity index is 1290. The molecule has 10 heteroatoms. The molecule has 0 radical (unpaired) electrons. The molecule has 0 aliphatic carbocycles. The van der Waals surface area contributed by atoms with E-state index in [1.807, 2.05) is 18.2 Å². The first-order chi connectivity index (χ1) is 13.3. The van der Waals surface area contributed by atoms with Crippen LogP contribution in [0.5, 0.6) is 11.5 Å². The van der Waals surface area contributed by atoms with Gasteiger partial charge >= 0.3 is 11.5 Å². The van der Waals surface area contributed by atoms with E-state index in [1.165, 1.54) is 0 Å². The second-order valence-corrected chi connectivity index (χ2v) is 5.90. The van der Waals surface area contributed by atoms with Crippen LogP contribution < -0.4 is 18.9 Å². The van der Waals surface area contributed by atoms with Crippen LogP contribution >= 0.6 is 0 Å². The smallest absolute Gasteiger partial charge is 0.432 e. The number of aromatic nitrogens is 7. The van der Waals surface area contributed by atoms with Gasteiger partial charge in [0.2, 0.25) is 12.3 Å². The van der Waals surface area contributed by atoms with Crippen molar-refractivity contribution < 1.29 is 23.4 Å². The Morgan fingerprint density at radius 3 is 2.85 bits per heavy atom. The van der Waals surface area contributed by atoms with Crippen LogP contribution in [0.3, 0.4) is 0 Å². The van der Waals surface area contributed by atoms with Crippen LogP contribution in [0.1, 0.15) is 0 Å². The van der Waals surface area contributed by atoms with Crippen LogP contribution in [-0.4, -0.2) is 31.8 Å². The van der Waals surface area contributed by atoms with Crippen LogP contribution in [0, 0.1) is 0 Å². The third-order valence-corrected chi connectivity index (χ3v) is 4.24. The van der Waals surface area contributed by atoms with E-state index in [4.69, 9.17) is 14.0 Å². The summed E-state index contributed by atoms with van der Waals surface area (Å²) in [5.74, 6) is 1.96. The average molecular weight is 361 g/mol. The van der Waals surface area contributed by atoms with Gasteiger partial charge in [-0.15, -0.1) is 4.68 Å². The van der Waals surface area contributed by atoms with E-state index < -0.39 is 0 Å². The summed E-state index contributed by atoms with van der Waals surface area (Å²) in [4.78, 5) is 17.4. The van der Waals surface area contributed by atoms with Gasteiger partial charge in [-0.25, -0.2) is 20.1 Å². The summed E-state index contributed by atoms with van der Waals surface area (Å²) in [7, 11) is 0. The average Bonchev–Trinajstić information content (AvgIpc) is 3.42. The molecule has 0 spiro atoms. The number of ether oxygens (including phenoxy) is 2. The van der Waals surface area contributed by atoms with E-state index in [1.54, 1.807) is 40.4 Å². The first kappa shape index (κ1) is 14.1. The first-order valence-electron chi connectivity index (χ1n) is 8.14. The van der Waals surface area contributed by atoms with Gasteiger partial charge in [0.1, 0.15) is 12.4 Å². The number of rotatable bonds is 2. The molecule has 0 atom stereocenters. The molecule has 4 aromatic heterocycles. The lowest BCUT2D eigenvalue weighted by atomic mass is 10.3. The summed E-state index contributed by atoms with van der Waals surface area (Å²) >= 11 is 0. The molecule has 1 aliphatic heterocycles. The summed E-state index contributed by atoms with van der Waals surface area (Å²) in [6.07, 6.45) is 8.47. The van der Waals surface area contributed by atoms with E-state index in [0.717, 1.165) is 11.2 Å². The van der Waals surface area contributed by atoms with Gasteiger partial charge in [0.05, 0.1) is 6.07 Å². The molecule has 1 aromatic carbocycles. The number of aromatic amines is 1. The number of nitrogens with one attached hydrogen (secondary N) is 1. The van der Waals surface area contributed by atoms with E-state index in [9.17, 15) is 0 Å². The van der Waals surface area contributed by atoms with Crippen LogP contribution in [-0.2, 0) is 0 Å². The van der Waals surface area contributed by atoms with Gasteiger partial charge in [-0.3, -0.25) is 0 Å². The quantitative estimate of drug-likeness (QED) is 0.463. The Kier molecular flexibility index (Phi) is 2.72. The van der Waals surface area contributed by atoms with Crippen LogP contribution in [0.15, 0.2) is 53.7 Å². The first-order valence-corrected chi connectivity index (χ1v) is 8.14. The summed E-state index contributed by atoms with van der Waals surface area (Å²) < 4.78 is 19.9. The van der Waals surface area contributed by atoms with Gasteiger partial charge in [-0.1, -0.05) is 0 Å². The molecule has 5 heterocycles. The maximum Gasteiger partial charge on any atom is 0.432 e. The molecule has 0 saturated carbocycles. The van der Waals surface area contributed by atoms with E-state index >= 15 is 0 Å². The number of H-pyrrole nitrogens is 1. The van der Waals surface area contributed by atoms with Crippen molar-refractivity contribution in [3.8, 4) is 23.0 Å². The minimum Gasteiger partial charge on any atom is -0.454 e. The van der Waals surface area contributed by atoms with Gasteiger partial charge in [0, 0.05) is 28.2 Å². The Labute approximate surface area is 150 Å². The van der Waals surface area contributed by atoms with E-state index in [0.29, 0.717) is 34.2 Å². The lowest BCUT2D eigenvalue weighted by Gasteiger charge is -1.93. The maximum atomic E-state index is 5.84. The van der Waals surface area contributed by atoms with E-state index in [2.05, 4.69) is 25.0 Å². The molecule has 6 rings (SSSR count). The summed E-state index contributed by atoms with van der Waals surface area (Å²) in [5, 5.41) is 3.10. The Morgan fingerprint density at radius 2 is 1.89 bits per heavy atom. The number of nitrogens with zero attached hydrogens (tertiary/aromatic N) is 6. The molecular weight excluding hydrogens is 350 g/mol. The lowest BCUT2D eigenvalue weighted by molar-refractivity contribution is -0.780. The molecule has 0 amide bonds. The molecule has 1 N–H and O–H groups in total. The predicted molar refractivity (Wildman–Crippen MR) is 88.4 cm³/mol. The predicted octanol–water partition coefficient (Wildman–Crippen LogP) is 0.776. The standard InChI is InChI=1S/C17H10N7O3/c1-2-13-14(26-9-25-13)5-10(1)24-8-12-17(27-24)21-15(6-20-12)23-7-11-16(22-23)19-4-3-18-11/h1-8H,9H2/q+1/p+1. The minimum absolute atomic E-state index is 0.224. The van der Waals surface area contributed by atoms with Gasteiger partial charge in [-0.05, 0) is 6.07 Å². The van der Waals surface area contributed by atoms with Crippen molar-refractivity contribution in [2.24, 2.45) is 0 Å². The maximum absolute atomic E-state index is 5.84. The van der Waals surface area contributed by atoms with Crippen molar-refractivity contribution in [1.82, 2.24) is 25.0 Å². The number of fused-ring (bicyclic) bond motifs is 3.